The van der Waals surface area contributed by atoms with Crippen LogP contribution in [0.3, 0.4) is 0 Å². The van der Waals surface area contributed by atoms with Crippen LogP contribution in [0.4, 0.5) is 19.4 Å². The molecule has 2 amide bonds. The Morgan fingerprint density at radius 2 is 2.02 bits per heavy atom. The van der Waals surface area contributed by atoms with Crippen LogP contribution in [-0.2, 0) is 11.8 Å². The smallest absolute Gasteiger partial charge is 0.317 e. The zero-order chi connectivity index (χ0) is 28.8. The molecule has 0 radical (unpaired) electrons. The topological polar surface area (TPSA) is 103 Å². The van der Waals surface area contributed by atoms with Gasteiger partial charge in [0.2, 0.25) is 0 Å². The van der Waals surface area contributed by atoms with E-state index in [9.17, 15) is 13.6 Å². The van der Waals surface area contributed by atoms with Gasteiger partial charge in [-0.15, -0.1) is 0 Å². The van der Waals surface area contributed by atoms with Crippen LogP contribution in [0.5, 0.6) is 0 Å². The Kier molecular flexibility index (Phi) is 9.51. The summed E-state index contributed by atoms with van der Waals surface area (Å²) in [5.41, 5.74) is 9.25. The van der Waals surface area contributed by atoms with Gasteiger partial charge in [0.1, 0.15) is 11.5 Å². The van der Waals surface area contributed by atoms with E-state index in [4.69, 9.17) is 22.1 Å². The van der Waals surface area contributed by atoms with Crippen molar-refractivity contribution >= 4 is 23.4 Å². The van der Waals surface area contributed by atoms with Crippen molar-refractivity contribution in [2.45, 2.75) is 19.3 Å². The number of nitrogens with zero attached hydrogens (tertiary/aromatic N) is 5. The Morgan fingerprint density at radius 3 is 2.67 bits per heavy atom. The van der Waals surface area contributed by atoms with Gasteiger partial charge in [-0.2, -0.15) is 10.2 Å². The largest absolute Gasteiger partial charge is 0.383 e. The predicted molar refractivity (Wildman–Crippen MR) is 151 cm³/mol. The second-order valence-electron chi connectivity index (χ2n) is 9.56. The fourth-order valence-corrected chi connectivity index (χ4v) is 4.85. The summed E-state index contributed by atoms with van der Waals surface area (Å²) in [6.45, 7) is 5.37. The fourth-order valence-electron chi connectivity index (χ4n) is 4.67. The number of benzene rings is 2. The van der Waals surface area contributed by atoms with Crippen molar-refractivity contribution in [2.75, 3.05) is 38.7 Å². The number of carbonyl (C=O) groups is 1. The molecule has 1 aliphatic rings. The van der Waals surface area contributed by atoms with Crippen LogP contribution in [0.25, 0.3) is 16.9 Å². The summed E-state index contributed by atoms with van der Waals surface area (Å²) >= 11 is 6.05. The molecule has 0 saturated carbocycles. The molecule has 1 unspecified atom stereocenters. The third-order valence-electron chi connectivity index (χ3n) is 6.69. The molecule has 3 N–H and O–H groups in total. The first kappa shape index (κ1) is 29.2. The maximum Gasteiger partial charge on any atom is 0.317 e. The number of nitrogens with one attached hydrogen (secondary N) is 1. The number of aromatic nitrogens is 4. The summed E-state index contributed by atoms with van der Waals surface area (Å²) in [6.07, 6.45) is 4.56. The normalized spacial score (nSPS) is 15.1. The summed E-state index contributed by atoms with van der Waals surface area (Å²) in [7, 11) is 3.51. The molecule has 0 bridgehead atoms. The molecule has 1 aliphatic heterocycles. The number of likely N-dealkylation sites (tertiary alicyclic amines) is 1. The Hall–Kier alpha value is -3.80. The van der Waals surface area contributed by atoms with Crippen LogP contribution < -0.4 is 11.1 Å². The molecule has 0 spiro atoms. The number of nitrogens with two attached hydrogens (primary N) is 1. The molecule has 2 aromatic carbocycles. The Morgan fingerprint density at radius 1 is 1.23 bits per heavy atom. The third kappa shape index (κ3) is 7.04. The van der Waals surface area contributed by atoms with Gasteiger partial charge >= 0.3 is 6.03 Å². The van der Waals surface area contributed by atoms with Gasteiger partial charge in [0, 0.05) is 49.6 Å². The van der Waals surface area contributed by atoms with Gasteiger partial charge in [0.15, 0.2) is 11.6 Å². The number of halogens is 3. The minimum absolute atomic E-state index is 0.307. The molecule has 1 fully saturated rings. The highest BCUT2D eigenvalue weighted by atomic mass is 35.5. The lowest BCUT2D eigenvalue weighted by Gasteiger charge is -2.15. The van der Waals surface area contributed by atoms with Crippen LogP contribution in [0.15, 0.2) is 54.9 Å². The number of methoxy groups -OCH3 is 1. The average molecular weight is 572 g/mol. The number of hydrogen-bond donors (Lipinski definition) is 2. The first-order valence-corrected chi connectivity index (χ1v) is 13.1. The molecule has 2 aromatic heterocycles. The SMILES string of the molecule is COCCN1CCC(c2ccc(F)c(F)c2)C1.Cc1c(-c2cnn(C)c2)nn(-c2cccc(Cl)c2)c1NC(N)=O. The lowest BCUT2D eigenvalue weighted by Crippen LogP contribution is -2.24. The summed E-state index contributed by atoms with van der Waals surface area (Å²) < 4.78 is 34.3. The minimum Gasteiger partial charge on any atom is -0.383 e. The fraction of sp³-hybridized carbons (Fsp3) is 0.321. The first-order valence-electron chi connectivity index (χ1n) is 12.7. The van der Waals surface area contributed by atoms with E-state index in [1.54, 1.807) is 40.9 Å². The minimum atomic E-state index is -0.775. The molecule has 1 atom stereocenters. The van der Waals surface area contributed by atoms with Crippen LogP contribution in [0, 0.1) is 18.6 Å². The van der Waals surface area contributed by atoms with Gasteiger partial charge in [-0.05, 0) is 61.7 Å². The highest BCUT2D eigenvalue weighted by Gasteiger charge is 2.24. The van der Waals surface area contributed by atoms with Crippen LogP contribution >= 0.6 is 11.6 Å². The Labute approximate surface area is 236 Å². The predicted octanol–water partition coefficient (Wildman–Crippen LogP) is 5.13. The maximum atomic E-state index is 13.1. The van der Waals surface area contributed by atoms with Gasteiger partial charge in [0.25, 0.3) is 0 Å². The van der Waals surface area contributed by atoms with Gasteiger partial charge < -0.3 is 15.4 Å². The summed E-state index contributed by atoms with van der Waals surface area (Å²) in [5, 5.41) is 11.9. The number of primary amides is 1. The van der Waals surface area contributed by atoms with E-state index in [-0.39, 0.29) is 0 Å². The molecule has 5 rings (SSSR count). The highest BCUT2D eigenvalue weighted by molar-refractivity contribution is 6.30. The second kappa shape index (κ2) is 13.0. The van der Waals surface area contributed by atoms with Crippen molar-refractivity contribution in [2.24, 2.45) is 12.8 Å². The summed E-state index contributed by atoms with van der Waals surface area (Å²) in [6, 6.07) is 10.7. The molecule has 212 valence electrons. The van der Waals surface area contributed by atoms with E-state index in [2.05, 4.69) is 20.4 Å². The van der Waals surface area contributed by atoms with Crippen molar-refractivity contribution in [1.82, 2.24) is 24.5 Å². The molecule has 3 heterocycles. The molecule has 0 aliphatic carbocycles. The highest BCUT2D eigenvalue weighted by Crippen LogP contribution is 2.31. The average Bonchev–Trinajstić information content (AvgIpc) is 3.64. The first-order chi connectivity index (χ1) is 19.2. The summed E-state index contributed by atoms with van der Waals surface area (Å²) in [5.74, 6) is -0.721. The third-order valence-corrected chi connectivity index (χ3v) is 6.93. The monoisotopic (exact) mass is 571 g/mol. The zero-order valence-electron chi connectivity index (χ0n) is 22.6. The van der Waals surface area contributed by atoms with Crippen molar-refractivity contribution in [3.05, 3.63) is 82.6 Å². The molecule has 1 saturated heterocycles. The van der Waals surface area contributed by atoms with E-state index < -0.39 is 17.7 Å². The van der Waals surface area contributed by atoms with E-state index in [0.29, 0.717) is 29.1 Å². The van der Waals surface area contributed by atoms with Crippen molar-refractivity contribution in [3.8, 4) is 16.9 Å². The summed E-state index contributed by atoms with van der Waals surface area (Å²) in [4.78, 5) is 13.6. The number of carbonyl (C=O) groups excluding carboxylic acids is 1. The van der Waals surface area contributed by atoms with E-state index in [1.807, 2.05) is 32.3 Å². The second-order valence-corrected chi connectivity index (χ2v) is 9.99. The van der Waals surface area contributed by atoms with Crippen LogP contribution in [0.2, 0.25) is 5.02 Å². The van der Waals surface area contributed by atoms with Gasteiger partial charge in [-0.25, -0.2) is 18.3 Å². The van der Waals surface area contributed by atoms with E-state index in [0.717, 1.165) is 48.4 Å². The Bertz CT molecular complexity index is 1470. The number of amides is 2. The number of rotatable bonds is 7. The van der Waals surface area contributed by atoms with Gasteiger partial charge in [-0.1, -0.05) is 23.7 Å². The van der Waals surface area contributed by atoms with Crippen molar-refractivity contribution in [3.63, 3.8) is 0 Å². The number of anilines is 1. The maximum absolute atomic E-state index is 13.1. The number of urea groups is 1. The van der Waals surface area contributed by atoms with Crippen molar-refractivity contribution in [1.29, 1.82) is 0 Å². The zero-order valence-corrected chi connectivity index (χ0v) is 23.3. The van der Waals surface area contributed by atoms with Gasteiger partial charge in [-0.3, -0.25) is 10.00 Å². The number of ether oxygens (including phenoxy) is 1. The standard InChI is InChI=1S/C15H15ClN6O.C13H17F2NO/c1-9-13(10-7-18-21(2)8-10)20-22(14(9)19-15(17)23)12-5-3-4-11(16)6-12;1-17-7-6-16-5-4-11(9-16)10-2-3-12(14)13(15)8-10/h3-8H,1-2H3,(H3,17,19,23);2-3,8,11H,4-7,9H2,1H3. The molecule has 9 nitrogen and oxygen atoms in total. The van der Waals surface area contributed by atoms with Crippen molar-refractivity contribution < 1.29 is 18.3 Å². The van der Waals surface area contributed by atoms with Crippen LogP contribution in [0.1, 0.15) is 23.5 Å². The lowest BCUT2D eigenvalue weighted by atomic mass is 9.98. The van der Waals surface area contributed by atoms with Crippen LogP contribution in [-0.4, -0.2) is 63.8 Å². The molecule has 40 heavy (non-hydrogen) atoms. The molecular formula is C28H32ClF2N7O2. The van der Waals surface area contributed by atoms with E-state index in [1.165, 1.54) is 12.1 Å². The number of aryl methyl sites for hydroxylation is 1. The molecular weight excluding hydrogens is 540 g/mol. The molecule has 4 aromatic rings. The Balaban J connectivity index is 0.000000194. The van der Waals surface area contributed by atoms with Gasteiger partial charge in [0.05, 0.1) is 18.5 Å². The van der Waals surface area contributed by atoms with E-state index >= 15 is 0 Å². The lowest BCUT2D eigenvalue weighted by molar-refractivity contribution is 0.160. The molecule has 12 heteroatoms. The quantitative estimate of drug-likeness (QED) is 0.320. The number of hydrogen-bond acceptors (Lipinski definition) is 5.